The molecule has 1 N–H and O–H groups in total. The summed E-state index contributed by atoms with van der Waals surface area (Å²) >= 11 is 0. The van der Waals surface area contributed by atoms with Crippen LogP contribution in [-0.4, -0.2) is 31.1 Å². The zero-order valence-electron chi connectivity index (χ0n) is 14.5. The topological polar surface area (TPSA) is 64.6 Å². The Bertz CT molecular complexity index is 700. The van der Waals surface area contributed by atoms with Crippen LogP contribution in [0.3, 0.4) is 0 Å². The smallest absolute Gasteiger partial charge is 0.328 e. The lowest BCUT2D eigenvalue weighted by Crippen LogP contribution is -2.39. The molecule has 0 aliphatic heterocycles. The van der Waals surface area contributed by atoms with Gasteiger partial charge in [-0.3, -0.25) is 4.79 Å². The first kappa shape index (κ1) is 18.5. The van der Waals surface area contributed by atoms with Gasteiger partial charge in [0.2, 0.25) is 0 Å². The van der Waals surface area contributed by atoms with E-state index in [9.17, 15) is 9.59 Å². The molecule has 0 fully saturated rings. The highest BCUT2D eigenvalue weighted by molar-refractivity contribution is 5.96. The standard InChI is InChI=1S/C20H23NO4/c1-3-16-8-7-11-18(14-16)24-12-13-25-20(23)15(2)21-19(22)17-9-5-4-6-10-17/h4-11,14-15H,3,12-13H2,1-2H3,(H,21,22). The summed E-state index contributed by atoms with van der Waals surface area (Å²) < 4.78 is 10.7. The number of ether oxygens (including phenoxy) is 2. The van der Waals surface area contributed by atoms with Crippen molar-refractivity contribution in [2.24, 2.45) is 0 Å². The van der Waals surface area contributed by atoms with Crippen LogP contribution in [0.5, 0.6) is 5.75 Å². The van der Waals surface area contributed by atoms with Gasteiger partial charge >= 0.3 is 5.97 Å². The number of rotatable bonds is 8. The van der Waals surface area contributed by atoms with Crippen molar-refractivity contribution in [3.8, 4) is 5.75 Å². The van der Waals surface area contributed by atoms with Gasteiger partial charge in [-0.25, -0.2) is 4.79 Å². The van der Waals surface area contributed by atoms with Crippen molar-refractivity contribution >= 4 is 11.9 Å². The first-order valence-electron chi connectivity index (χ1n) is 8.34. The van der Waals surface area contributed by atoms with Crippen LogP contribution in [-0.2, 0) is 16.0 Å². The van der Waals surface area contributed by atoms with Crippen molar-refractivity contribution in [3.63, 3.8) is 0 Å². The summed E-state index contributed by atoms with van der Waals surface area (Å²) in [5.41, 5.74) is 1.69. The Labute approximate surface area is 148 Å². The summed E-state index contributed by atoms with van der Waals surface area (Å²) in [6, 6.07) is 15.8. The zero-order chi connectivity index (χ0) is 18.1. The molecule has 0 radical (unpaired) electrons. The molecule has 0 bridgehead atoms. The van der Waals surface area contributed by atoms with Gasteiger partial charge in [-0.05, 0) is 43.2 Å². The summed E-state index contributed by atoms with van der Waals surface area (Å²) in [4.78, 5) is 23.9. The summed E-state index contributed by atoms with van der Waals surface area (Å²) in [5, 5.41) is 2.62. The quantitative estimate of drug-likeness (QED) is 0.592. The van der Waals surface area contributed by atoms with E-state index in [4.69, 9.17) is 9.47 Å². The normalized spacial score (nSPS) is 11.4. The van der Waals surface area contributed by atoms with Crippen LogP contribution in [0.4, 0.5) is 0 Å². The van der Waals surface area contributed by atoms with Crippen molar-refractivity contribution in [3.05, 3.63) is 65.7 Å². The van der Waals surface area contributed by atoms with Crippen molar-refractivity contribution in [1.29, 1.82) is 0 Å². The zero-order valence-corrected chi connectivity index (χ0v) is 14.5. The van der Waals surface area contributed by atoms with Crippen molar-refractivity contribution in [2.75, 3.05) is 13.2 Å². The largest absolute Gasteiger partial charge is 0.490 e. The predicted octanol–water partition coefficient (Wildman–Crippen LogP) is 2.99. The first-order chi connectivity index (χ1) is 12.1. The number of aryl methyl sites for hydroxylation is 1. The molecule has 0 aliphatic carbocycles. The van der Waals surface area contributed by atoms with Gasteiger partial charge in [-0.2, -0.15) is 0 Å². The van der Waals surface area contributed by atoms with Gasteiger partial charge in [0.15, 0.2) is 0 Å². The van der Waals surface area contributed by atoms with Gasteiger partial charge in [-0.1, -0.05) is 37.3 Å². The molecule has 0 aliphatic rings. The summed E-state index contributed by atoms with van der Waals surface area (Å²) in [5.74, 6) is -0.0475. The van der Waals surface area contributed by atoms with Gasteiger partial charge in [-0.15, -0.1) is 0 Å². The number of carbonyl (C=O) groups excluding carboxylic acids is 2. The number of hydrogen-bond donors (Lipinski definition) is 1. The van der Waals surface area contributed by atoms with Crippen LogP contribution >= 0.6 is 0 Å². The van der Waals surface area contributed by atoms with Crippen LogP contribution in [0.1, 0.15) is 29.8 Å². The Hall–Kier alpha value is -2.82. The lowest BCUT2D eigenvalue weighted by Gasteiger charge is -2.14. The number of benzene rings is 2. The third-order valence-corrected chi connectivity index (χ3v) is 3.64. The van der Waals surface area contributed by atoms with E-state index >= 15 is 0 Å². The molecule has 0 aromatic heterocycles. The maximum Gasteiger partial charge on any atom is 0.328 e. The van der Waals surface area contributed by atoms with Crippen LogP contribution in [0.25, 0.3) is 0 Å². The minimum atomic E-state index is -0.726. The minimum absolute atomic E-state index is 0.126. The molecule has 2 aromatic rings. The molecule has 0 spiro atoms. The molecule has 5 heteroatoms. The average molecular weight is 341 g/mol. The lowest BCUT2D eigenvalue weighted by molar-refractivity contribution is -0.146. The summed E-state index contributed by atoms with van der Waals surface area (Å²) in [7, 11) is 0. The SMILES string of the molecule is CCc1cccc(OCCOC(=O)C(C)NC(=O)c2ccccc2)c1. The second-order valence-electron chi connectivity index (χ2n) is 5.58. The van der Waals surface area contributed by atoms with Crippen LogP contribution in [0.2, 0.25) is 0 Å². The molecule has 132 valence electrons. The highest BCUT2D eigenvalue weighted by Crippen LogP contribution is 2.13. The maximum atomic E-state index is 12.0. The van der Waals surface area contributed by atoms with E-state index in [1.807, 2.05) is 30.3 Å². The van der Waals surface area contributed by atoms with Crippen LogP contribution in [0.15, 0.2) is 54.6 Å². The van der Waals surface area contributed by atoms with E-state index in [0.29, 0.717) is 5.56 Å². The number of esters is 1. The summed E-state index contributed by atoms with van der Waals surface area (Å²) in [6.45, 7) is 4.06. The molecule has 2 rings (SSSR count). The van der Waals surface area contributed by atoms with E-state index in [1.165, 1.54) is 5.56 Å². The number of carbonyl (C=O) groups is 2. The van der Waals surface area contributed by atoms with Crippen molar-refractivity contribution < 1.29 is 19.1 Å². The molecule has 1 amide bonds. The van der Waals surface area contributed by atoms with Crippen LogP contribution in [0, 0.1) is 0 Å². The Morgan fingerprint density at radius 1 is 1.04 bits per heavy atom. The van der Waals surface area contributed by atoms with Gasteiger partial charge in [0.05, 0.1) is 0 Å². The molecule has 2 aromatic carbocycles. The van der Waals surface area contributed by atoms with E-state index in [0.717, 1.165) is 12.2 Å². The third kappa shape index (κ3) is 5.95. The van der Waals surface area contributed by atoms with Gasteiger partial charge in [0.25, 0.3) is 5.91 Å². The highest BCUT2D eigenvalue weighted by atomic mass is 16.6. The number of amides is 1. The monoisotopic (exact) mass is 341 g/mol. The predicted molar refractivity (Wildman–Crippen MR) is 95.6 cm³/mol. The molecule has 0 saturated carbocycles. The molecule has 1 atom stereocenters. The third-order valence-electron chi connectivity index (χ3n) is 3.64. The lowest BCUT2D eigenvalue weighted by atomic mass is 10.2. The maximum absolute atomic E-state index is 12.0. The average Bonchev–Trinajstić information content (AvgIpc) is 2.65. The van der Waals surface area contributed by atoms with E-state index < -0.39 is 12.0 Å². The van der Waals surface area contributed by atoms with E-state index in [-0.39, 0.29) is 19.1 Å². The second kappa shape index (κ2) is 9.47. The molecule has 25 heavy (non-hydrogen) atoms. The first-order valence-corrected chi connectivity index (χ1v) is 8.34. The van der Waals surface area contributed by atoms with E-state index in [1.54, 1.807) is 31.2 Å². The molecule has 5 nitrogen and oxygen atoms in total. The Kier molecular flexibility index (Phi) is 7.01. The summed E-state index contributed by atoms with van der Waals surface area (Å²) in [6.07, 6.45) is 0.935. The number of nitrogens with one attached hydrogen (secondary N) is 1. The fourth-order valence-corrected chi connectivity index (χ4v) is 2.21. The molecule has 1 unspecified atom stereocenters. The van der Waals surface area contributed by atoms with E-state index in [2.05, 4.69) is 12.2 Å². The van der Waals surface area contributed by atoms with Gasteiger partial charge < -0.3 is 14.8 Å². The number of hydrogen-bond acceptors (Lipinski definition) is 4. The second-order valence-corrected chi connectivity index (χ2v) is 5.58. The molecular formula is C20H23NO4. The van der Waals surface area contributed by atoms with Crippen molar-refractivity contribution in [1.82, 2.24) is 5.32 Å². The van der Waals surface area contributed by atoms with Crippen molar-refractivity contribution in [2.45, 2.75) is 26.3 Å². The van der Waals surface area contributed by atoms with Crippen LogP contribution < -0.4 is 10.1 Å². The fraction of sp³-hybridized carbons (Fsp3) is 0.300. The Balaban J connectivity index is 1.71. The van der Waals surface area contributed by atoms with Gasteiger partial charge in [0.1, 0.15) is 25.0 Å². The Morgan fingerprint density at radius 3 is 2.52 bits per heavy atom. The molecule has 0 saturated heterocycles. The fourth-order valence-electron chi connectivity index (χ4n) is 2.21. The highest BCUT2D eigenvalue weighted by Gasteiger charge is 2.17. The molecular weight excluding hydrogens is 318 g/mol. The molecule has 0 heterocycles. The minimum Gasteiger partial charge on any atom is -0.490 e. The van der Waals surface area contributed by atoms with Gasteiger partial charge in [0, 0.05) is 5.56 Å². The Morgan fingerprint density at radius 2 is 1.80 bits per heavy atom.